The van der Waals surface area contributed by atoms with Crippen LogP contribution < -0.4 is 15.4 Å². The van der Waals surface area contributed by atoms with Crippen LogP contribution in [0.3, 0.4) is 0 Å². The van der Waals surface area contributed by atoms with Crippen molar-refractivity contribution in [3.63, 3.8) is 0 Å². The fourth-order valence-corrected chi connectivity index (χ4v) is 4.12. The van der Waals surface area contributed by atoms with Gasteiger partial charge in [-0.1, -0.05) is 47.1 Å². The Hall–Kier alpha value is -2.75. The summed E-state index contributed by atoms with van der Waals surface area (Å²) < 4.78 is 6.97. The van der Waals surface area contributed by atoms with Crippen LogP contribution >= 0.6 is 35.0 Å². The Labute approximate surface area is 199 Å². The Balaban J connectivity index is 1.60. The number of halogens is 2. The second-order valence-corrected chi connectivity index (χ2v) is 8.54. The number of methoxy groups -OCH3 is 1. The zero-order valence-corrected chi connectivity index (χ0v) is 19.9. The fourth-order valence-electron chi connectivity index (χ4n) is 2.91. The van der Waals surface area contributed by atoms with Gasteiger partial charge in [-0.05, 0) is 37.3 Å². The van der Waals surface area contributed by atoms with Gasteiger partial charge >= 0.3 is 0 Å². The molecule has 3 rings (SSSR count). The Morgan fingerprint density at radius 3 is 2.66 bits per heavy atom. The van der Waals surface area contributed by atoms with Crippen LogP contribution in [0.4, 0.5) is 5.69 Å². The molecule has 0 aliphatic rings. The van der Waals surface area contributed by atoms with Crippen molar-refractivity contribution in [3.05, 3.63) is 63.9 Å². The maximum atomic E-state index is 12.6. The Morgan fingerprint density at radius 1 is 1.19 bits per heavy atom. The summed E-state index contributed by atoms with van der Waals surface area (Å²) in [5, 5.41) is 15.2. The van der Waals surface area contributed by atoms with E-state index in [0.717, 1.165) is 0 Å². The molecule has 3 aromatic rings. The van der Waals surface area contributed by atoms with Crippen LogP contribution in [-0.4, -0.2) is 39.4 Å². The molecule has 11 heteroatoms. The monoisotopic (exact) mass is 493 g/mol. The van der Waals surface area contributed by atoms with E-state index in [4.69, 9.17) is 27.9 Å². The summed E-state index contributed by atoms with van der Waals surface area (Å²) in [7, 11) is 3.31. The van der Waals surface area contributed by atoms with Crippen molar-refractivity contribution in [2.75, 3.05) is 18.2 Å². The van der Waals surface area contributed by atoms with Crippen molar-refractivity contribution in [2.45, 2.75) is 18.1 Å². The molecule has 0 fully saturated rings. The smallest absolute Gasteiger partial charge is 0.253 e. The summed E-state index contributed by atoms with van der Waals surface area (Å²) >= 11 is 13.2. The molecular formula is C21H21Cl2N5O3S. The molecule has 0 aliphatic heterocycles. The highest BCUT2D eigenvalue weighted by Crippen LogP contribution is 2.25. The molecule has 0 aliphatic carbocycles. The van der Waals surface area contributed by atoms with Crippen LogP contribution in [-0.2, 0) is 11.8 Å². The number of carbonyl (C=O) groups is 2. The van der Waals surface area contributed by atoms with Crippen molar-refractivity contribution in [3.8, 4) is 5.75 Å². The van der Waals surface area contributed by atoms with E-state index >= 15 is 0 Å². The van der Waals surface area contributed by atoms with Crippen LogP contribution in [0.25, 0.3) is 0 Å². The van der Waals surface area contributed by atoms with Gasteiger partial charge in [0.25, 0.3) is 5.91 Å². The maximum Gasteiger partial charge on any atom is 0.253 e. The number of ether oxygens (including phenoxy) is 1. The number of benzene rings is 2. The first-order valence-corrected chi connectivity index (χ1v) is 11.2. The molecule has 2 aromatic carbocycles. The average Bonchev–Trinajstić information content (AvgIpc) is 3.13. The summed E-state index contributed by atoms with van der Waals surface area (Å²) in [4.78, 5) is 24.9. The summed E-state index contributed by atoms with van der Waals surface area (Å²) in [5.74, 6) is 0.689. The van der Waals surface area contributed by atoms with Gasteiger partial charge in [0.05, 0.1) is 35.2 Å². The molecule has 0 saturated heterocycles. The molecule has 2 amide bonds. The summed E-state index contributed by atoms with van der Waals surface area (Å²) in [5.41, 5.74) is 0.907. The summed E-state index contributed by atoms with van der Waals surface area (Å²) in [6.45, 7) is 1.79. The van der Waals surface area contributed by atoms with Crippen LogP contribution in [0.2, 0.25) is 10.0 Å². The third-order valence-electron chi connectivity index (χ3n) is 4.49. The highest BCUT2D eigenvalue weighted by Gasteiger charge is 2.20. The first kappa shape index (κ1) is 23.9. The fraction of sp³-hybridized carbons (Fsp3) is 0.238. The average molecular weight is 494 g/mol. The van der Waals surface area contributed by atoms with Gasteiger partial charge in [0.1, 0.15) is 5.75 Å². The number of nitrogens with one attached hydrogen (secondary N) is 2. The minimum Gasteiger partial charge on any atom is -0.495 e. The molecule has 0 saturated carbocycles. The Morgan fingerprint density at radius 2 is 1.94 bits per heavy atom. The molecule has 1 atom stereocenters. The molecule has 1 aromatic heterocycles. The lowest BCUT2D eigenvalue weighted by molar-refractivity contribution is -0.113. The van der Waals surface area contributed by atoms with E-state index in [9.17, 15) is 9.59 Å². The van der Waals surface area contributed by atoms with Gasteiger partial charge in [-0.2, -0.15) is 0 Å². The normalized spacial score (nSPS) is 11.7. The molecule has 32 heavy (non-hydrogen) atoms. The zero-order chi connectivity index (χ0) is 23.3. The third-order valence-corrected chi connectivity index (χ3v) is 6.06. The molecular weight excluding hydrogens is 473 g/mol. The number of thioether (sulfide) groups is 1. The molecule has 0 unspecified atom stereocenters. The largest absolute Gasteiger partial charge is 0.495 e. The van der Waals surface area contributed by atoms with Crippen molar-refractivity contribution >= 4 is 52.5 Å². The Bertz CT molecular complexity index is 1140. The van der Waals surface area contributed by atoms with E-state index in [2.05, 4.69) is 20.8 Å². The van der Waals surface area contributed by atoms with Gasteiger partial charge < -0.3 is 19.9 Å². The molecule has 2 N–H and O–H groups in total. The lowest BCUT2D eigenvalue weighted by atomic mass is 10.2. The van der Waals surface area contributed by atoms with Gasteiger partial charge in [-0.3, -0.25) is 9.59 Å². The summed E-state index contributed by atoms with van der Waals surface area (Å²) in [6.07, 6.45) is 0. The Kier molecular flexibility index (Phi) is 8.00. The van der Waals surface area contributed by atoms with Gasteiger partial charge in [-0.25, -0.2) is 0 Å². The number of para-hydroxylation sites is 2. The van der Waals surface area contributed by atoms with Gasteiger partial charge in [0.15, 0.2) is 11.0 Å². The van der Waals surface area contributed by atoms with Crippen LogP contribution in [0.15, 0.2) is 47.6 Å². The van der Waals surface area contributed by atoms with Crippen LogP contribution in [0, 0.1) is 0 Å². The topological polar surface area (TPSA) is 98.1 Å². The number of anilines is 1. The minimum absolute atomic E-state index is 0.130. The third kappa shape index (κ3) is 5.73. The van der Waals surface area contributed by atoms with E-state index in [1.54, 1.807) is 49.9 Å². The number of amides is 2. The van der Waals surface area contributed by atoms with E-state index in [0.29, 0.717) is 33.0 Å². The lowest BCUT2D eigenvalue weighted by Gasteiger charge is -2.14. The van der Waals surface area contributed by atoms with Gasteiger partial charge in [-0.15, -0.1) is 10.2 Å². The number of aromatic nitrogens is 3. The van der Waals surface area contributed by atoms with Gasteiger partial charge in [0.2, 0.25) is 5.91 Å². The van der Waals surface area contributed by atoms with Crippen molar-refractivity contribution in [2.24, 2.45) is 7.05 Å². The summed E-state index contributed by atoms with van der Waals surface area (Å²) in [6, 6.07) is 11.4. The molecule has 168 valence electrons. The first-order valence-electron chi connectivity index (χ1n) is 9.51. The number of hydrogen-bond donors (Lipinski definition) is 2. The second kappa shape index (κ2) is 10.7. The van der Waals surface area contributed by atoms with Crippen molar-refractivity contribution in [1.29, 1.82) is 0 Å². The SMILES string of the molecule is COc1ccccc1NC(=O)CSc1nnc([C@H](C)NC(=O)c2ccc(Cl)cc2Cl)n1C. The number of hydrogen-bond acceptors (Lipinski definition) is 6. The maximum absolute atomic E-state index is 12.6. The molecule has 0 radical (unpaired) electrons. The number of nitrogens with zero attached hydrogens (tertiary/aromatic N) is 3. The van der Waals surface area contributed by atoms with E-state index < -0.39 is 6.04 Å². The lowest BCUT2D eigenvalue weighted by Crippen LogP contribution is -2.28. The standard InChI is InChI=1S/C21H21Cl2N5O3S/c1-12(24-20(30)14-9-8-13(22)10-15(14)23)19-26-27-21(28(19)2)32-11-18(29)25-16-6-4-5-7-17(16)31-3/h4-10,12H,11H2,1-3H3,(H,24,30)(H,25,29)/t12-/m0/s1. The molecule has 0 spiro atoms. The second-order valence-electron chi connectivity index (χ2n) is 6.76. The predicted octanol–water partition coefficient (Wildman–Crippen LogP) is 4.35. The molecule has 8 nitrogen and oxygen atoms in total. The quantitative estimate of drug-likeness (QED) is 0.452. The highest BCUT2D eigenvalue weighted by molar-refractivity contribution is 7.99. The van der Waals surface area contributed by atoms with Crippen LogP contribution in [0.1, 0.15) is 29.1 Å². The van der Waals surface area contributed by atoms with E-state index in [-0.39, 0.29) is 22.6 Å². The minimum atomic E-state index is -0.441. The van der Waals surface area contributed by atoms with E-state index in [1.165, 1.54) is 17.8 Å². The molecule has 0 bridgehead atoms. The van der Waals surface area contributed by atoms with Crippen molar-refractivity contribution in [1.82, 2.24) is 20.1 Å². The number of rotatable bonds is 8. The highest BCUT2D eigenvalue weighted by atomic mass is 35.5. The van der Waals surface area contributed by atoms with Crippen LogP contribution in [0.5, 0.6) is 5.75 Å². The first-order chi connectivity index (χ1) is 15.3. The van der Waals surface area contributed by atoms with Gasteiger partial charge in [0, 0.05) is 12.1 Å². The number of carbonyl (C=O) groups excluding carboxylic acids is 2. The van der Waals surface area contributed by atoms with Crippen molar-refractivity contribution < 1.29 is 14.3 Å². The van der Waals surface area contributed by atoms with E-state index in [1.807, 2.05) is 12.1 Å². The predicted molar refractivity (Wildman–Crippen MR) is 126 cm³/mol. The zero-order valence-electron chi connectivity index (χ0n) is 17.6. The molecule has 1 heterocycles.